The summed E-state index contributed by atoms with van der Waals surface area (Å²) >= 11 is 0. The summed E-state index contributed by atoms with van der Waals surface area (Å²) in [5.41, 5.74) is 0.893. The van der Waals surface area contributed by atoms with Crippen LogP contribution in [0.2, 0.25) is 0 Å². The fourth-order valence-corrected chi connectivity index (χ4v) is 4.87. The minimum Gasteiger partial charge on any atom is -0.443 e. The van der Waals surface area contributed by atoms with Crippen LogP contribution < -0.4 is 4.90 Å². The number of carbonyl (C=O) groups is 1. The van der Waals surface area contributed by atoms with Crippen LogP contribution in [0.1, 0.15) is 62.3 Å². The molecule has 0 radical (unpaired) electrons. The molecule has 0 saturated carbocycles. The van der Waals surface area contributed by atoms with E-state index in [0.29, 0.717) is 17.7 Å². The maximum absolute atomic E-state index is 13.2. The number of piperidine rings is 3. The number of pyridine rings is 1. The van der Waals surface area contributed by atoms with E-state index in [4.69, 9.17) is 9.72 Å². The van der Waals surface area contributed by atoms with Crippen LogP contribution >= 0.6 is 0 Å². The number of nitrogens with zero attached hydrogens (tertiary/aromatic N) is 6. The van der Waals surface area contributed by atoms with Gasteiger partial charge in [-0.15, -0.1) is 0 Å². The van der Waals surface area contributed by atoms with Crippen molar-refractivity contribution in [2.45, 2.75) is 65.5 Å². The van der Waals surface area contributed by atoms with Crippen LogP contribution in [-0.4, -0.2) is 56.1 Å². The highest BCUT2D eigenvalue weighted by Crippen LogP contribution is 2.38. The molecule has 3 fully saturated rings. The molecule has 34 heavy (non-hydrogen) atoms. The van der Waals surface area contributed by atoms with E-state index >= 15 is 0 Å². The highest BCUT2D eigenvalue weighted by atomic mass is 16.6. The molecule has 0 N–H and O–H groups in total. The van der Waals surface area contributed by atoms with Gasteiger partial charge in [0, 0.05) is 24.4 Å². The van der Waals surface area contributed by atoms with Crippen molar-refractivity contribution in [1.29, 1.82) is 0 Å². The quantitative estimate of drug-likeness (QED) is 0.475. The first-order chi connectivity index (χ1) is 16.0. The maximum atomic E-state index is 13.2. The van der Waals surface area contributed by atoms with E-state index in [1.807, 2.05) is 12.1 Å². The lowest BCUT2D eigenvalue weighted by Crippen LogP contribution is -2.46. The van der Waals surface area contributed by atoms with Gasteiger partial charge in [-0.3, -0.25) is 20.0 Å². The monoisotopic (exact) mass is 468 g/mol. The van der Waals surface area contributed by atoms with Gasteiger partial charge < -0.3 is 9.64 Å². The van der Waals surface area contributed by atoms with Crippen molar-refractivity contribution >= 4 is 17.6 Å². The molecule has 10 nitrogen and oxygen atoms in total. The topological polar surface area (TPSA) is 115 Å². The van der Waals surface area contributed by atoms with Crippen molar-refractivity contribution < 1.29 is 14.5 Å². The van der Waals surface area contributed by atoms with Crippen molar-refractivity contribution in [3.05, 3.63) is 51.2 Å². The van der Waals surface area contributed by atoms with Gasteiger partial charge in [0.15, 0.2) is 0 Å². The van der Waals surface area contributed by atoms with Crippen LogP contribution in [-0.2, 0) is 11.3 Å². The number of ether oxygens (including phenoxy) is 1. The van der Waals surface area contributed by atoms with E-state index in [1.165, 1.54) is 37.8 Å². The molecule has 0 aliphatic carbocycles. The lowest BCUT2D eigenvalue weighted by molar-refractivity contribution is -0.385. The summed E-state index contributed by atoms with van der Waals surface area (Å²) in [4.78, 5) is 41.2. The van der Waals surface area contributed by atoms with Gasteiger partial charge in [0.25, 0.3) is 0 Å². The zero-order valence-electron chi connectivity index (χ0n) is 20.4. The number of fused-ring (bicyclic) bond motifs is 3. The third-order valence-corrected chi connectivity index (χ3v) is 6.43. The molecular weight excluding hydrogens is 436 g/mol. The molecule has 5 rings (SSSR count). The molecule has 0 spiro atoms. The summed E-state index contributed by atoms with van der Waals surface area (Å²) in [6, 6.07) is 3.95. The Morgan fingerprint density at radius 2 is 1.94 bits per heavy atom. The second kappa shape index (κ2) is 9.25. The van der Waals surface area contributed by atoms with E-state index in [-0.39, 0.29) is 23.7 Å². The molecule has 1 atom stereocenters. The summed E-state index contributed by atoms with van der Waals surface area (Å²) in [6.45, 7) is 11.8. The second-order valence-corrected chi connectivity index (χ2v) is 10.2. The lowest BCUT2D eigenvalue weighted by Gasteiger charge is -2.44. The molecule has 3 aliphatic heterocycles. The molecule has 2 aromatic heterocycles. The number of hydrogen-bond donors (Lipinski definition) is 0. The highest BCUT2D eigenvalue weighted by molar-refractivity contribution is 5.89. The van der Waals surface area contributed by atoms with Gasteiger partial charge in [-0.05, 0) is 78.1 Å². The van der Waals surface area contributed by atoms with Crippen molar-refractivity contribution in [3.63, 3.8) is 0 Å². The smallest absolute Gasteiger partial charge is 0.416 e. The number of amides is 1. The Bertz CT molecular complexity index is 1070. The summed E-state index contributed by atoms with van der Waals surface area (Å²) in [5.74, 6) is 1.34. The number of rotatable bonds is 5. The highest BCUT2D eigenvalue weighted by Gasteiger charge is 2.36. The molecule has 1 unspecified atom stereocenters. The summed E-state index contributed by atoms with van der Waals surface area (Å²) in [7, 11) is 0. The molecule has 10 heteroatoms. The number of aryl methyl sites for hydroxylation is 2. The number of carbonyl (C=O) groups excluding carboxylic acids is 1. The Hall–Kier alpha value is -3.14. The van der Waals surface area contributed by atoms with Crippen molar-refractivity contribution in [2.24, 2.45) is 5.92 Å². The number of hydrogen-bond acceptors (Lipinski definition) is 8. The summed E-state index contributed by atoms with van der Waals surface area (Å²) in [6.07, 6.45) is 3.44. The van der Waals surface area contributed by atoms with Crippen LogP contribution in [0.3, 0.4) is 0 Å². The Morgan fingerprint density at radius 3 is 2.47 bits per heavy atom. The first kappa shape index (κ1) is 24.0. The molecule has 182 valence electrons. The zero-order valence-corrected chi connectivity index (χ0v) is 20.4. The van der Waals surface area contributed by atoms with Crippen LogP contribution in [0.4, 0.5) is 16.3 Å². The Kier molecular flexibility index (Phi) is 6.53. The van der Waals surface area contributed by atoms with Crippen LogP contribution in [0, 0.1) is 29.9 Å². The number of anilines is 1. The fourth-order valence-electron chi connectivity index (χ4n) is 4.87. The van der Waals surface area contributed by atoms with Gasteiger partial charge in [-0.1, -0.05) is 6.07 Å². The van der Waals surface area contributed by atoms with Crippen LogP contribution in [0.5, 0.6) is 0 Å². The van der Waals surface area contributed by atoms with E-state index in [2.05, 4.69) is 14.9 Å². The predicted molar refractivity (Wildman–Crippen MR) is 127 cm³/mol. The normalized spacial score (nSPS) is 21.9. The van der Waals surface area contributed by atoms with Gasteiger partial charge in [0.2, 0.25) is 5.82 Å². The molecule has 5 heterocycles. The first-order valence-electron chi connectivity index (χ1n) is 11.7. The first-order valence-corrected chi connectivity index (χ1v) is 11.7. The van der Waals surface area contributed by atoms with Gasteiger partial charge in [0.1, 0.15) is 17.1 Å². The van der Waals surface area contributed by atoms with Crippen molar-refractivity contribution in [3.8, 4) is 0 Å². The summed E-state index contributed by atoms with van der Waals surface area (Å²) in [5, 5.41) is 11.8. The van der Waals surface area contributed by atoms with Crippen LogP contribution in [0.15, 0.2) is 18.3 Å². The zero-order chi connectivity index (χ0) is 24.6. The molecule has 1 amide bonds. The molecule has 3 aliphatic rings. The minimum atomic E-state index is -0.779. The van der Waals surface area contributed by atoms with Crippen LogP contribution in [0.25, 0.3) is 0 Å². The van der Waals surface area contributed by atoms with E-state index in [1.54, 1.807) is 33.9 Å². The molecule has 2 bridgehead atoms. The predicted octanol–water partition coefficient (Wildman–Crippen LogP) is 4.15. The molecule has 0 aromatic carbocycles. The third kappa shape index (κ3) is 5.16. The molecule has 2 aromatic rings. The van der Waals surface area contributed by atoms with Gasteiger partial charge in [0.05, 0.1) is 11.5 Å². The van der Waals surface area contributed by atoms with E-state index in [9.17, 15) is 14.9 Å². The summed E-state index contributed by atoms with van der Waals surface area (Å²) < 4.78 is 5.57. The van der Waals surface area contributed by atoms with Crippen molar-refractivity contribution in [1.82, 2.24) is 19.9 Å². The van der Waals surface area contributed by atoms with Crippen molar-refractivity contribution in [2.75, 3.05) is 24.5 Å². The Morgan fingerprint density at radius 1 is 1.24 bits per heavy atom. The lowest BCUT2D eigenvalue weighted by atomic mass is 9.77. The number of nitro groups is 1. The average Bonchev–Trinajstić information content (AvgIpc) is 2.76. The largest absolute Gasteiger partial charge is 0.443 e. The minimum absolute atomic E-state index is 0.0408. The van der Waals surface area contributed by atoms with Gasteiger partial charge >= 0.3 is 11.8 Å². The Labute approximate surface area is 199 Å². The SMILES string of the molecule is Cc1nc(C)c([N+](=O)[O-])c(N(Cc2ccc(C3CN4CCC3CC4)nc2)C(=O)OC(C)(C)C)n1. The van der Waals surface area contributed by atoms with Gasteiger partial charge in [-0.25, -0.2) is 14.8 Å². The third-order valence-electron chi connectivity index (χ3n) is 6.43. The van der Waals surface area contributed by atoms with Gasteiger partial charge in [-0.2, -0.15) is 0 Å². The molecular formula is C24H32N6O4. The second-order valence-electron chi connectivity index (χ2n) is 10.2. The number of aromatic nitrogens is 3. The van der Waals surface area contributed by atoms with E-state index in [0.717, 1.165) is 17.8 Å². The average molecular weight is 469 g/mol. The maximum Gasteiger partial charge on any atom is 0.416 e. The fraction of sp³-hybridized carbons (Fsp3) is 0.583. The van der Waals surface area contributed by atoms with E-state index < -0.39 is 16.6 Å². The Balaban J connectivity index is 1.65. The standard InChI is InChI=1S/C24H32N6O4/c1-15-21(30(32)33)22(27-16(2)26-15)29(23(31)34-24(3,4)5)13-17-6-7-20(25-12-17)19-14-28-10-8-18(19)9-11-28/h6-7,12,18-19H,8-11,13-14H2,1-5H3. The molecule has 3 saturated heterocycles.